The van der Waals surface area contributed by atoms with E-state index in [2.05, 4.69) is 60.2 Å². The average Bonchev–Trinajstić information content (AvgIpc) is 3.10. The molecule has 1 saturated heterocycles. The highest BCUT2D eigenvalue weighted by molar-refractivity contribution is 5.90. The standard InChI is InChI=1S/C21H29N3O.C4H4O4/c1-4-5-9-22-21(25)15-10-17-16-7-6-8-18-20(16)14(12-23(18)2)11-19(17)24(3)13-15;5-3(6)1-2-4(7)8/h6-8,12,15,17,19H,4-5,9-11,13H2,1-3H3,(H,22,25);1-2H,(H,5,6)(H,7,8)/b;2-1+. The Balaban J connectivity index is 0.000000331. The van der Waals surface area contributed by atoms with E-state index in [4.69, 9.17) is 10.2 Å². The molecule has 178 valence electrons. The smallest absolute Gasteiger partial charge is 0.328 e. The molecule has 0 saturated carbocycles. The predicted octanol–water partition coefficient (Wildman–Crippen LogP) is 2.77. The number of hydrogen-bond donors (Lipinski definition) is 3. The number of carbonyl (C=O) groups excluding carboxylic acids is 1. The van der Waals surface area contributed by atoms with Crippen molar-refractivity contribution in [2.45, 2.75) is 44.6 Å². The number of likely N-dealkylation sites (tertiary alicyclic amines) is 1. The number of carbonyl (C=O) groups is 3. The summed E-state index contributed by atoms with van der Waals surface area (Å²) in [5, 5.41) is 20.2. The van der Waals surface area contributed by atoms with Crippen LogP contribution in [0.3, 0.4) is 0 Å². The average molecular weight is 456 g/mol. The van der Waals surface area contributed by atoms with Crippen LogP contribution in [0.25, 0.3) is 10.9 Å². The number of aliphatic carboxylic acids is 2. The number of piperidine rings is 1. The number of aromatic nitrogens is 1. The number of nitrogens with zero attached hydrogens (tertiary/aromatic N) is 2. The SMILES string of the molecule is CCCCNC(=O)C1CC2c3cccc4c3c(cn4C)CC2N(C)C1.O=C(O)/C=C/C(=O)O. The molecule has 4 rings (SSSR count). The molecule has 2 heterocycles. The molecule has 2 aliphatic rings. The van der Waals surface area contributed by atoms with Gasteiger partial charge in [0, 0.05) is 61.3 Å². The number of hydrogen-bond acceptors (Lipinski definition) is 4. The van der Waals surface area contributed by atoms with Gasteiger partial charge in [0.15, 0.2) is 0 Å². The predicted molar refractivity (Wildman–Crippen MR) is 126 cm³/mol. The minimum Gasteiger partial charge on any atom is -0.478 e. The number of carboxylic acids is 2. The molecule has 2 aromatic rings. The molecule has 1 fully saturated rings. The Morgan fingerprint density at radius 2 is 1.85 bits per heavy atom. The number of rotatable bonds is 6. The summed E-state index contributed by atoms with van der Waals surface area (Å²) < 4.78 is 2.25. The fraction of sp³-hybridized carbons (Fsp3) is 0.480. The Hall–Kier alpha value is -3.13. The maximum Gasteiger partial charge on any atom is 0.328 e. The lowest BCUT2D eigenvalue weighted by Gasteiger charge is -2.45. The first kappa shape index (κ1) is 24.5. The zero-order valence-electron chi connectivity index (χ0n) is 19.5. The number of carboxylic acid groups (broad SMARTS) is 2. The number of unbranched alkanes of at least 4 members (excludes halogenated alkanes) is 1. The van der Waals surface area contributed by atoms with Crippen molar-refractivity contribution in [2.75, 3.05) is 20.1 Å². The van der Waals surface area contributed by atoms with Gasteiger partial charge in [0.1, 0.15) is 0 Å². The van der Waals surface area contributed by atoms with Crippen molar-refractivity contribution >= 4 is 28.7 Å². The monoisotopic (exact) mass is 455 g/mol. The minimum atomic E-state index is -1.26. The van der Waals surface area contributed by atoms with Gasteiger partial charge < -0.3 is 25.0 Å². The summed E-state index contributed by atoms with van der Waals surface area (Å²) in [5.74, 6) is -1.72. The lowest BCUT2D eigenvalue weighted by molar-refractivity contribution is -0.134. The first-order valence-electron chi connectivity index (χ1n) is 11.4. The topological polar surface area (TPSA) is 112 Å². The summed E-state index contributed by atoms with van der Waals surface area (Å²) in [6, 6.07) is 7.19. The number of amides is 1. The summed E-state index contributed by atoms with van der Waals surface area (Å²) in [5.41, 5.74) is 4.23. The molecular formula is C25H33N3O5. The maximum absolute atomic E-state index is 12.6. The Morgan fingerprint density at radius 3 is 2.48 bits per heavy atom. The molecular weight excluding hydrogens is 422 g/mol. The molecule has 3 unspecified atom stereocenters. The number of aryl methyl sites for hydroxylation is 1. The quantitative estimate of drug-likeness (QED) is 0.456. The Bertz CT molecular complexity index is 1040. The largest absolute Gasteiger partial charge is 0.478 e. The minimum absolute atomic E-state index is 0.101. The van der Waals surface area contributed by atoms with Gasteiger partial charge >= 0.3 is 11.9 Å². The molecule has 1 amide bonds. The second-order valence-corrected chi connectivity index (χ2v) is 8.91. The summed E-state index contributed by atoms with van der Waals surface area (Å²) in [6.07, 6.45) is 7.66. The summed E-state index contributed by atoms with van der Waals surface area (Å²) in [4.78, 5) is 34.2. The summed E-state index contributed by atoms with van der Waals surface area (Å²) >= 11 is 0. The Morgan fingerprint density at radius 1 is 1.15 bits per heavy atom. The summed E-state index contributed by atoms with van der Waals surface area (Å²) in [6.45, 7) is 3.84. The first-order valence-corrected chi connectivity index (χ1v) is 11.4. The van der Waals surface area contributed by atoms with Crippen LogP contribution in [0.15, 0.2) is 36.5 Å². The van der Waals surface area contributed by atoms with E-state index in [1.807, 2.05) is 0 Å². The van der Waals surface area contributed by atoms with Gasteiger partial charge in [0.25, 0.3) is 0 Å². The molecule has 0 spiro atoms. The van der Waals surface area contributed by atoms with Gasteiger partial charge in [0.05, 0.1) is 5.92 Å². The van der Waals surface area contributed by atoms with Gasteiger partial charge in [-0.05, 0) is 43.5 Å². The van der Waals surface area contributed by atoms with Gasteiger partial charge in [0.2, 0.25) is 5.91 Å². The van der Waals surface area contributed by atoms with E-state index in [0.29, 0.717) is 24.1 Å². The fourth-order valence-corrected chi connectivity index (χ4v) is 5.08. The van der Waals surface area contributed by atoms with E-state index in [-0.39, 0.29) is 11.8 Å². The lowest BCUT2D eigenvalue weighted by Crippen LogP contribution is -2.51. The molecule has 1 aliphatic carbocycles. The zero-order valence-corrected chi connectivity index (χ0v) is 19.5. The van der Waals surface area contributed by atoms with Crippen LogP contribution in [0.1, 0.15) is 43.2 Å². The lowest BCUT2D eigenvalue weighted by atomic mass is 9.72. The molecule has 3 N–H and O–H groups in total. The van der Waals surface area contributed by atoms with E-state index in [1.54, 1.807) is 0 Å². The number of benzene rings is 1. The van der Waals surface area contributed by atoms with Crippen LogP contribution in [0.2, 0.25) is 0 Å². The van der Waals surface area contributed by atoms with Crippen LogP contribution in [-0.4, -0.2) is 63.7 Å². The number of nitrogens with one attached hydrogen (secondary N) is 1. The van der Waals surface area contributed by atoms with E-state index >= 15 is 0 Å². The van der Waals surface area contributed by atoms with Gasteiger partial charge in [-0.2, -0.15) is 0 Å². The van der Waals surface area contributed by atoms with Crippen molar-refractivity contribution in [1.82, 2.24) is 14.8 Å². The highest BCUT2D eigenvalue weighted by Gasteiger charge is 2.41. The van der Waals surface area contributed by atoms with Crippen molar-refractivity contribution in [2.24, 2.45) is 13.0 Å². The van der Waals surface area contributed by atoms with Crippen LogP contribution in [-0.2, 0) is 27.9 Å². The van der Waals surface area contributed by atoms with Crippen LogP contribution >= 0.6 is 0 Å². The zero-order chi connectivity index (χ0) is 24.1. The third-order valence-corrected chi connectivity index (χ3v) is 6.60. The van der Waals surface area contributed by atoms with Gasteiger partial charge in [-0.25, -0.2) is 9.59 Å². The van der Waals surface area contributed by atoms with Crippen molar-refractivity contribution in [3.05, 3.63) is 47.7 Å². The molecule has 3 atom stereocenters. The molecule has 1 aromatic heterocycles. The van der Waals surface area contributed by atoms with Crippen molar-refractivity contribution < 1.29 is 24.6 Å². The van der Waals surface area contributed by atoms with E-state index in [1.165, 1.54) is 22.0 Å². The van der Waals surface area contributed by atoms with Crippen molar-refractivity contribution in [1.29, 1.82) is 0 Å². The second-order valence-electron chi connectivity index (χ2n) is 8.91. The normalized spacial score (nSPS) is 21.8. The van der Waals surface area contributed by atoms with E-state index < -0.39 is 11.9 Å². The molecule has 0 radical (unpaired) electrons. The fourth-order valence-electron chi connectivity index (χ4n) is 5.08. The molecule has 8 nitrogen and oxygen atoms in total. The third-order valence-electron chi connectivity index (χ3n) is 6.60. The Labute approximate surface area is 193 Å². The molecule has 0 bridgehead atoms. The number of likely N-dealkylation sites (N-methyl/N-ethyl adjacent to an activating group) is 1. The second kappa shape index (κ2) is 10.7. The van der Waals surface area contributed by atoms with Gasteiger partial charge in [-0.3, -0.25) is 4.79 Å². The first-order chi connectivity index (χ1) is 15.7. The third kappa shape index (κ3) is 5.63. The van der Waals surface area contributed by atoms with Crippen LogP contribution in [0.5, 0.6) is 0 Å². The van der Waals surface area contributed by atoms with Crippen LogP contribution in [0, 0.1) is 5.92 Å². The Kier molecular flexibility index (Phi) is 7.92. The van der Waals surface area contributed by atoms with Crippen molar-refractivity contribution in [3.8, 4) is 0 Å². The van der Waals surface area contributed by atoms with Crippen molar-refractivity contribution in [3.63, 3.8) is 0 Å². The molecule has 1 aromatic carbocycles. The van der Waals surface area contributed by atoms with Gasteiger partial charge in [-0.15, -0.1) is 0 Å². The van der Waals surface area contributed by atoms with E-state index in [9.17, 15) is 14.4 Å². The van der Waals surface area contributed by atoms with Crippen LogP contribution < -0.4 is 5.32 Å². The highest BCUT2D eigenvalue weighted by Crippen LogP contribution is 2.44. The summed E-state index contributed by atoms with van der Waals surface area (Å²) in [7, 11) is 4.33. The maximum atomic E-state index is 12.6. The van der Waals surface area contributed by atoms with Crippen LogP contribution in [0.4, 0.5) is 0 Å². The molecule has 33 heavy (non-hydrogen) atoms. The van der Waals surface area contributed by atoms with Gasteiger partial charge in [-0.1, -0.05) is 25.5 Å². The van der Waals surface area contributed by atoms with E-state index in [0.717, 1.165) is 38.8 Å². The molecule has 8 heteroatoms. The number of fused-ring (bicyclic) bond motifs is 2. The highest BCUT2D eigenvalue weighted by atomic mass is 16.4. The molecule has 1 aliphatic heterocycles.